The van der Waals surface area contributed by atoms with E-state index in [0.29, 0.717) is 12.1 Å². The van der Waals surface area contributed by atoms with E-state index in [-0.39, 0.29) is 5.91 Å². The van der Waals surface area contributed by atoms with Crippen LogP contribution in [0, 0.1) is 0 Å². The summed E-state index contributed by atoms with van der Waals surface area (Å²) in [5, 5.41) is 7.13. The van der Waals surface area contributed by atoms with Crippen molar-refractivity contribution in [3.8, 4) is 5.69 Å². The third kappa shape index (κ3) is 3.43. The summed E-state index contributed by atoms with van der Waals surface area (Å²) in [7, 11) is 0. The molecule has 1 heterocycles. The van der Waals surface area contributed by atoms with Crippen LogP contribution in [0.15, 0.2) is 71.5 Å². The van der Waals surface area contributed by atoms with Crippen LogP contribution in [0.5, 0.6) is 0 Å². The van der Waals surface area contributed by atoms with Gasteiger partial charge in [0.2, 0.25) is 0 Å². The summed E-state index contributed by atoms with van der Waals surface area (Å²) < 4.78 is 2.75. The van der Waals surface area contributed by atoms with Gasteiger partial charge in [-0.3, -0.25) is 4.79 Å². The zero-order valence-corrected chi connectivity index (χ0v) is 13.3. The van der Waals surface area contributed by atoms with Gasteiger partial charge in [0.1, 0.15) is 0 Å². The molecule has 0 radical (unpaired) electrons. The first-order valence-corrected chi connectivity index (χ1v) is 7.64. The van der Waals surface area contributed by atoms with Gasteiger partial charge in [0.25, 0.3) is 5.91 Å². The number of aromatic nitrogens is 2. The summed E-state index contributed by atoms with van der Waals surface area (Å²) in [5.41, 5.74) is 2.64. The minimum absolute atomic E-state index is 0.0861. The number of halogens is 1. The van der Waals surface area contributed by atoms with Crippen LogP contribution in [0.4, 0.5) is 0 Å². The standard InChI is InChI=1S/C17H14BrN3O/c18-15-7-5-14(6-8-15)17(22)19-12-13-3-1-4-16(11-13)21-10-2-9-20-21/h1-11H,12H2,(H,19,22). The molecular formula is C17H14BrN3O. The van der Waals surface area contributed by atoms with Crippen LogP contribution in [0.2, 0.25) is 0 Å². The molecule has 3 rings (SSSR count). The monoisotopic (exact) mass is 355 g/mol. The Bertz CT molecular complexity index is 767. The molecule has 0 saturated carbocycles. The Morgan fingerprint density at radius 2 is 1.95 bits per heavy atom. The molecule has 1 amide bonds. The predicted molar refractivity (Wildman–Crippen MR) is 88.9 cm³/mol. The molecule has 4 nitrogen and oxygen atoms in total. The van der Waals surface area contributed by atoms with E-state index in [1.165, 1.54) is 0 Å². The van der Waals surface area contributed by atoms with Crippen molar-refractivity contribution in [3.63, 3.8) is 0 Å². The van der Waals surface area contributed by atoms with Gasteiger partial charge in [0, 0.05) is 29.0 Å². The van der Waals surface area contributed by atoms with Crippen LogP contribution in [-0.4, -0.2) is 15.7 Å². The molecule has 0 aliphatic carbocycles. The molecule has 0 unspecified atom stereocenters. The number of hydrogen-bond acceptors (Lipinski definition) is 2. The van der Waals surface area contributed by atoms with Gasteiger partial charge in [0.15, 0.2) is 0 Å². The van der Waals surface area contributed by atoms with Crippen LogP contribution in [0.25, 0.3) is 5.69 Å². The van der Waals surface area contributed by atoms with Gasteiger partial charge in [-0.2, -0.15) is 5.10 Å². The highest BCUT2D eigenvalue weighted by Gasteiger charge is 2.05. The quantitative estimate of drug-likeness (QED) is 0.777. The molecule has 0 saturated heterocycles. The first-order valence-electron chi connectivity index (χ1n) is 6.85. The van der Waals surface area contributed by atoms with E-state index in [2.05, 4.69) is 26.3 Å². The van der Waals surface area contributed by atoms with E-state index in [1.807, 2.05) is 48.7 Å². The summed E-state index contributed by atoms with van der Waals surface area (Å²) in [6, 6.07) is 17.1. The maximum atomic E-state index is 12.1. The number of nitrogens with one attached hydrogen (secondary N) is 1. The topological polar surface area (TPSA) is 46.9 Å². The molecule has 0 aliphatic heterocycles. The largest absolute Gasteiger partial charge is 0.348 e. The lowest BCUT2D eigenvalue weighted by Gasteiger charge is -2.08. The van der Waals surface area contributed by atoms with Crippen LogP contribution < -0.4 is 5.32 Å². The van der Waals surface area contributed by atoms with Crippen molar-refractivity contribution in [2.24, 2.45) is 0 Å². The van der Waals surface area contributed by atoms with Crippen LogP contribution in [0.3, 0.4) is 0 Å². The maximum absolute atomic E-state index is 12.1. The van der Waals surface area contributed by atoms with Crippen LogP contribution in [0.1, 0.15) is 15.9 Å². The molecule has 2 aromatic carbocycles. The molecule has 1 aromatic heterocycles. The van der Waals surface area contributed by atoms with E-state index in [4.69, 9.17) is 0 Å². The minimum atomic E-state index is -0.0861. The fourth-order valence-corrected chi connectivity index (χ4v) is 2.38. The zero-order valence-electron chi connectivity index (χ0n) is 11.7. The lowest BCUT2D eigenvalue weighted by Crippen LogP contribution is -2.22. The second kappa shape index (κ2) is 6.58. The van der Waals surface area contributed by atoms with Gasteiger partial charge < -0.3 is 5.32 Å². The molecule has 22 heavy (non-hydrogen) atoms. The molecule has 0 aliphatic rings. The predicted octanol–water partition coefficient (Wildman–Crippen LogP) is 3.56. The number of carbonyl (C=O) groups excluding carboxylic acids is 1. The third-order valence-electron chi connectivity index (χ3n) is 3.24. The number of rotatable bonds is 4. The Kier molecular flexibility index (Phi) is 4.34. The van der Waals surface area contributed by atoms with Crippen molar-refractivity contribution < 1.29 is 4.79 Å². The highest BCUT2D eigenvalue weighted by molar-refractivity contribution is 9.10. The van der Waals surface area contributed by atoms with E-state index in [0.717, 1.165) is 15.7 Å². The van der Waals surface area contributed by atoms with Gasteiger partial charge in [-0.05, 0) is 48.0 Å². The average Bonchev–Trinajstić information content (AvgIpc) is 3.08. The summed E-state index contributed by atoms with van der Waals surface area (Å²) in [6.07, 6.45) is 3.63. The molecule has 1 N–H and O–H groups in total. The number of benzene rings is 2. The minimum Gasteiger partial charge on any atom is -0.348 e. The molecule has 110 valence electrons. The molecule has 0 fully saturated rings. The summed E-state index contributed by atoms with van der Waals surface area (Å²) >= 11 is 3.36. The van der Waals surface area contributed by atoms with E-state index in [9.17, 15) is 4.79 Å². The first kappa shape index (κ1) is 14.5. The van der Waals surface area contributed by atoms with Gasteiger partial charge in [-0.15, -0.1) is 0 Å². The first-order chi connectivity index (χ1) is 10.7. The van der Waals surface area contributed by atoms with Gasteiger partial charge in [-0.1, -0.05) is 28.1 Å². The second-order valence-electron chi connectivity index (χ2n) is 4.81. The number of hydrogen-bond donors (Lipinski definition) is 1. The Labute approximate surface area is 136 Å². The fraction of sp³-hybridized carbons (Fsp3) is 0.0588. The molecule has 0 bridgehead atoms. The smallest absolute Gasteiger partial charge is 0.251 e. The van der Waals surface area contributed by atoms with Gasteiger partial charge >= 0.3 is 0 Å². The molecule has 5 heteroatoms. The van der Waals surface area contributed by atoms with Crippen molar-refractivity contribution in [1.82, 2.24) is 15.1 Å². The summed E-state index contributed by atoms with van der Waals surface area (Å²) in [6.45, 7) is 0.476. The van der Waals surface area contributed by atoms with Gasteiger partial charge in [-0.25, -0.2) is 4.68 Å². The average molecular weight is 356 g/mol. The SMILES string of the molecule is O=C(NCc1cccc(-n2cccn2)c1)c1ccc(Br)cc1. The van der Waals surface area contributed by atoms with Crippen LogP contribution in [-0.2, 0) is 6.54 Å². The number of amides is 1. The molecule has 0 atom stereocenters. The second-order valence-corrected chi connectivity index (χ2v) is 5.73. The maximum Gasteiger partial charge on any atom is 0.251 e. The zero-order chi connectivity index (χ0) is 15.4. The lowest BCUT2D eigenvalue weighted by atomic mass is 10.2. The Hall–Kier alpha value is -2.40. The van der Waals surface area contributed by atoms with Gasteiger partial charge in [0.05, 0.1) is 5.69 Å². The Morgan fingerprint density at radius 3 is 2.68 bits per heavy atom. The van der Waals surface area contributed by atoms with Crippen molar-refractivity contribution in [1.29, 1.82) is 0 Å². The normalized spacial score (nSPS) is 10.4. The molecule has 3 aromatic rings. The molecular weight excluding hydrogens is 342 g/mol. The lowest BCUT2D eigenvalue weighted by molar-refractivity contribution is 0.0951. The Balaban J connectivity index is 1.67. The van der Waals surface area contributed by atoms with Crippen molar-refractivity contribution in [3.05, 3.63) is 82.6 Å². The number of nitrogens with zero attached hydrogens (tertiary/aromatic N) is 2. The van der Waals surface area contributed by atoms with Crippen LogP contribution >= 0.6 is 15.9 Å². The Morgan fingerprint density at radius 1 is 1.14 bits per heavy atom. The fourth-order valence-electron chi connectivity index (χ4n) is 2.12. The van der Waals surface area contributed by atoms with Crippen molar-refractivity contribution >= 4 is 21.8 Å². The highest BCUT2D eigenvalue weighted by Crippen LogP contribution is 2.12. The van der Waals surface area contributed by atoms with Crippen molar-refractivity contribution in [2.75, 3.05) is 0 Å². The summed E-state index contributed by atoms with van der Waals surface area (Å²) in [4.78, 5) is 12.1. The van der Waals surface area contributed by atoms with E-state index >= 15 is 0 Å². The third-order valence-corrected chi connectivity index (χ3v) is 3.77. The number of carbonyl (C=O) groups is 1. The van der Waals surface area contributed by atoms with E-state index in [1.54, 1.807) is 23.0 Å². The van der Waals surface area contributed by atoms with E-state index < -0.39 is 0 Å². The van der Waals surface area contributed by atoms with Crippen molar-refractivity contribution in [2.45, 2.75) is 6.54 Å². The molecule has 0 spiro atoms. The highest BCUT2D eigenvalue weighted by atomic mass is 79.9. The summed E-state index contributed by atoms with van der Waals surface area (Å²) in [5.74, 6) is -0.0861.